The Balaban J connectivity index is 1.80. The first-order valence-corrected chi connectivity index (χ1v) is 8.75. The molecule has 1 spiro atoms. The second-order valence-electron chi connectivity index (χ2n) is 6.98. The van der Waals surface area contributed by atoms with E-state index in [-0.39, 0.29) is 23.3 Å². The fraction of sp³-hybridized carbons (Fsp3) is 0.579. The zero-order valence-corrected chi connectivity index (χ0v) is 14.5. The lowest BCUT2D eigenvalue weighted by molar-refractivity contribution is -0.141. The van der Waals surface area contributed by atoms with Gasteiger partial charge in [0.05, 0.1) is 13.0 Å². The van der Waals surface area contributed by atoms with Crippen molar-refractivity contribution in [1.82, 2.24) is 9.80 Å². The minimum atomic E-state index is -0.247. The Morgan fingerprint density at radius 1 is 1.25 bits per heavy atom. The fourth-order valence-corrected chi connectivity index (χ4v) is 4.16. The van der Waals surface area contributed by atoms with E-state index in [1.54, 1.807) is 4.90 Å². The van der Waals surface area contributed by atoms with Gasteiger partial charge in [-0.05, 0) is 37.2 Å². The number of carbonyl (C=O) groups is 2. The molecule has 1 aromatic rings. The molecule has 130 valence electrons. The molecule has 24 heavy (non-hydrogen) atoms. The van der Waals surface area contributed by atoms with Gasteiger partial charge in [0.2, 0.25) is 5.91 Å². The largest absolute Gasteiger partial charge is 0.453 e. The number of rotatable bonds is 2. The predicted octanol–water partition coefficient (Wildman–Crippen LogP) is 2.87. The summed E-state index contributed by atoms with van der Waals surface area (Å²) in [7, 11) is 1.43. The van der Waals surface area contributed by atoms with Crippen LogP contribution in [0.3, 0.4) is 0 Å². The van der Waals surface area contributed by atoms with Crippen molar-refractivity contribution in [3.63, 3.8) is 0 Å². The van der Waals surface area contributed by atoms with Crippen LogP contribution >= 0.6 is 0 Å². The summed E-state index contributed by atoms with van der Waals surface area (Å²) >= 11 is 0. The first kappa shape index (κ1) is 16.8. The second-order valence-corrected chi connectivity index (χ2v) is 6.98. The van der Waals surface area contributed by atoms with Crippen molar-refractivity contribution >= 4 is 12.0 Å². The molecule has 0 bridgehead atoms. The minimum absolute atomic E-state index is 0.0652. The topological polar surface area (TPSA) is 49.9 Å². The molecule has 1 aromatic carbocycles. The van der Waals surface area contributed by atoms with Gasteiger partial charge in [0, 0.05) is 26.2 Å². The molecule has 2 saturated heterocycles. The first-order valence-electron chi connectivity index (χ1n) is 8.75. The van der Waals surface area contributed by atoms with Crippen LogP contribution in [0.1, 0.15) is 37.7 Å². The number of hydrogen-bond acceptors (Lipinski definition) is 3. The maximum Gasteiger partial charge on any atom is 0.409 e. The number of hydrogen-bond donors (Lipinski definition) is 0. The van der Waals surface area contributed by atoms with Crippen LogP contribution in [0.15, 0.2) is 30.3 Å². The smallest absolute Gasteiger partial charge is 0.409 e. The number of ether oxygens (including phenoxy) is 1. The molecule has 5 heteroatoms. The average molecular weight is 330 g/mol. The molecular weight excluding hydrogens is 304 g/mol. The lowest BCUT2D eigenvalue weighted by Gasteiger charge is -2.49. The summed E-state index contributed by atoms with van der Waals surface area (Å²) in [6.07, 6.45) is 2.48. The summed E-state index contributed by atoms with van der Waals surface area (Å²) in [6, 6.07) is 10.1. The van der Waals surface area contributed by atoms with Crippen LogP contribution in [-0.4, -0.2) is 55.1 Å². The Labute approximate surface area is 143 Å². The number of likely N-dealkylation sites (tertiary alicyclic amines) is 2. The van der Waals surface area contributed by atoms with Crippen LogP contribution in [0, 0.1) is 5.41 Å². The van der Waals surface area contributed by atoms with E-state index in [2.05, 4.69) is 12.1 Å². The molecule has 5 nitrogen and oxygen atoms in total. The summed E-state index contributed by atoms with van der Waals surface area (Å²) in [5.74, 6) is 0.175. The van der Waals surface area contributed by atoms with E-state index in [1.807, 2.05) is 30.0 Å². The molecule has 0 aromatic heterocycles. The Kier molecular flexibility index (Phi) is 4.78. The van der Waals surface area contributed by atoms with Crippen molar-refractivity contribution in [2.75, 3.05) is 33.3 Å². The van der Waals surface area contributed by atoms with Crippen LogP contribution in [0.25, 0.3) is 0 Å². The summed E-state index contributed by atoms with van der Waals surface area (Å²) < 4.78 is 4.84. The van der Waals surface area contributed by atoms with Gasteiger partial charge >= 0.3 is 6.09 Å². The van der Waals surface area contributed by atoms with Gasteiger partial charge in [-0.3, -0.25) is 4.79 Å². The van der Waals surface area contributed by atoms with Crippen molar-refractivity contribution in [2.45, 2.75) is 32.1 Å². The lowest BCUT2D eigenvalue weighted by atomic mass is 9.67. The van der Waals surface area contributed by atoms with E-state index >= 15 is 0 Å². The average Bonchev–Trinajstić information content (AvgIpc) is 2.64. The molecule has 3 rings (SSSR count). The Morgan fingerprint density at radius 3 is 2.50 bits per heavy atom. The van der Waals surface area contributed by atoms with Crippen LogP contribution in [0.5, 0.6) is 0 Å². The van der Waals surface area contributed by atoms with Crippen LogP contribution in [-0.2, 0) is 9.53 Å². The Hall–Kier alpha value is -2.04. The maximum absolute atomic E-state index is 12.8. The van der Waals surface area contributed by atoms with Crippen molar-refractivity contribution < 1.29 is 14.3 Å². The fourth-order valence-electron chi connectivity index (χ4n) is 4.16. The molecule has 2 aliphatic heterocycles. The Bertz CT molecular complexity index is 594. The standard InChI is InChI=1S/C19H26N2O3/c1-3-20-14-19(9-11-21(12-10-19)18(23)24-2)13-16(17(20)22)15-7-5-4-6-8-15/h4-8,16H,3,9-14H2,1-2H3. The molecule has 2 heterocycles. The van der Waals surface area contributed by atoms with Crippen LogP contribution < -0.4 is 0 Å². The van der Waals surface area contributed by atoms with Gasteiger partial charge in [-0.1, -0.05) is 30.3 Å². The van der Waals surface area contributed by atoms with Gasteiger partial charge in [0.1, 0.15) is 0 Å². The number of methoxy groups -OCH3 is 1. The zero-order chi connectivity index (χ0) is 17.2. The first-order chi connectivity index (χ1) is 11.6. The number of benzene rings is 1. The molecule has 2 amide bonds. The van der Waals surface area contributed by atoms with Crippen molar-refractivity contribution in [3.8, 4) is 0 Å². The highest BCUT2D eigenvalue weighted by Crippen LogP contribution is 2.45. The summed E-state index contributed by atoms with van der Waals surface area (Å²) in [4.78, 5) is 28.3. The lowest BCUT2D eigenvalue weighted by Crippen LogP contribution is -2.54. The van der Waals surface area contributed by atoms with E-state index < -0.39 is 0 Å². The Morgan fingerprint density at radius 2 is 1.92 bits per heavy atom. The quantitative estimate of drug-likeness (QED) is 0.838. The van der Waals surface area contributed by atoms with E-state index in [1.165, 1.54) is 7.11 Å². The van der Waals surface area contributed by atoms with Gasteiger partial charge in [0.25, 0.3) is 0 Å². The van der Waals surface area contributed by atoms with Gasteiger partial charge in [-0.15, -0.1) is 0 Å². The van der Waals surface area contributed by atoms with E-state index in [0.29, 0.717) is 13.1 Å². The SMILES string of the molecule is CCN1CC2(CCN(C(=O)OC)CC2)CC(c2ccccc2)C1=O. The van der Waals surface area contributed by atoms with Gasteiger partial charge in [0.15, 0.2) is 0 Å². The zero-order valence-electron chi connectivity index (χ0n) is 14.5. The molecule has 1 atom stereocenters. The van der Waals surface area contributed by atoms with E-state index in [9.17, 15) is 9.59 Å². The van der Waals surface area contributed by atoms with Crippen molar-refractivity contribution in [2.24, 2.45) is 5.41 Å². The molecule has 1 unspecified atom stereocenters. The molecule has 0 saturated carbocycles. The van der Waals surface area contributed by atoms with Gasteiger partial charge < -0.3 is 14.5 Å². The molecule has 2 aliphatic rings. The summed E-state index contributed by atoms with van der Waals surface area (Å²) in [5, 5.41) is 0. The third-order valence-electron chi connectivity index (χ3n) is 5.61. The van der Waals surface area contributed by atoms with Crippen molar-refractivity contribution in [3.05, 3.63) is 35.9 Å². The van der Waals surface area contributed by atoms with E-state index in [4.69, 9.17) is 4.74 Å². The van der Waals surface area contributed by atoms with Crippen LogP contribution in [0.4, 0.5) is 4.79 Å². The number of amides is 2. The molecule has 2 fully saturated rings. The molecule has 0 aliphatic carbocycles. The van der Waals surface area contributed by atoms with Crippen molar-refractivity contribution in [1.29, 1.82) is 0 Å². The number of nitrogens with zero attached hydrogens (tertiary/aromatic N) is 2. The summed E-state index contributed by atoms with van der Waals surface area (Å²) in [6.45, 7) is 5.01. The third kappa shape index (κ3) is 3.12. The van der Waals surface area contributed by atoms with E-state index in [0.717, 1.165) is 37.9 Å². The van der Waals surface area contributed by atoms with Gasteiger partial charge in [-0.2, -0.15) is 0 Å². The maximum atomic E-state index is 12.8. The number of carbonyl (C=O) groups excluding carboxylic acids is 2. The highest BCUT2D eigenvalue weighted by atomic mass is 16.5. The number of likely N-dealkylation sites (N-methyl/N-ethyl adjacent to an activating group) is 1. The molecule has 0 N–H and O–H groups in total. The minimum Gasteiger partial charge on any atom is -0.453 e. The monoisotopic (exact) mass is 330 g/mol. The molecule has 0 radical (unpaired) electrons. The number of piperidine rings is 2. The highest BCUT2D eigenvalue weighted by molar-refractivity contribution is 5.84. The second kappa shape index (κ2) is 6.83. The summed E-state index contributed by atoms with van der Waals surface area (Å²) in [5.41, 5.74) is 1.21. The van der Waals surface area contributed by atoms with Crippen LogP contribution in [0.2, 0.25) is 0 Å². The van der Waals surface area contributed by atoms with Gasteiger partial charge in [-0.25, -0.2) is 4.79 Å². The third-order valence-corrected chi connectivity index (χ3v) is 5.61. The predicted molar refractivity (Wildman–Crippen MR) is 91.7 cm³/mol. The normalized spacial score (nSPS) is 23.4. The molecular formula is C19H26N2O3. The highest BCUT2D eigenvalue weighted by Gasteiger charge is 2.46.